The number of aromatic nitrogens is 2. The van der Waals surface area contributed by atoms with Gasteiger partial charge in [0.2, 0.25) is 0 Å². The van der Waals surface area contributed by atoms with Crippen LogP contribution in [0.3, 0.4) is 0 Å². The van der Waals surface area contributed by atoms with E-state index in [2.05, 4.69) is 30.8 Å². The summed E-state index contributed by atoms with van der Waals surface area (Å²) in [6.07, 6.45) is 4.17. The fourth-order valence-electron chi connectivity index (χ4n) is 3.44. The third-order valence-corrected chi connectivity index (χ3v) is 5.59. The summed E-state index contributed by atoms with van der Waals surface area (Å²) in [5.41, 5.74) is 1.71. The first-order chi connectivity index (χ1) is 16.0. The molecule has 1 aliphatic rings. The fraction of sp³-hybridized carbons (Fsp3) is 0.217. The number of anilines is 3. The Morgan fingerprint density at radius 2 is 1.73 bits per heavy atom. The second-order valence-electron chi connectivity index (χ2n) is 7.45. The summed E-state index contributed by atoms with van der Waals surface area (Å²) in [6.45, 7) is 3.73. The molecule has 1 saturated heterocycles. The zero-order valence-electron chi connectivity index (χ0n) is 17.6. The van der Waals surface area contributed by atoms with E-state index in [9.17, 15) is 9.59 Å². The summed E-state index contributed by atoms with van der Waals surface area (Å²) in [5.74, 6) is -0.580. The van der Waals surface area contributed by atoms with Gasteiger partial charge in [0.05, 0.1) is 28.2 Å². The number of nitrogens with one attached hydrogen (secondary N) is 3. The third kappa shape index (κ3) is 5.98. The summed E-state index contributed by atoms with van der Waals surface area (Å²) >= 11 is 11.9. The maximum absolute atomic E-state index is 12.8. The lowest BCUT2D eigenvalue weighted by atomic mass is 10.1. The number of carbonyl (C=O) groups excluding carboxylic acids is 2. The molecule has 4 rings (SSSR count). The van der Waals surface area contributed by atoms with Crippen LogP contribution in [0, 0.1) is 0 Å². The molecule has 0 bridgehead atoms. The number of amides is 2. The molecule has 8 nitrogen and oxygen atoms in total. The number of pyridine rings is 2. The Morgan fingerprint density at radius 1 is 0.879 bits per heavy atom. The zero-order chi connectivity index (χ0) is 23.2. The van der Waals surface area contributed by atoms with Gasteiger partial charge in [0.25, 0.3) is 11.8 Å². The molecule has 10 heteroatoms. The zero-order valence-corrected chi connectivity index (χ0v) is 19.2. The van der Waals surface area contributed by atoms with Gasteiger partial charge in [-0.25, -0.2) is 9.97 Å². The first-order valence-electron chi connectivity index (χ1n) is 10.4. The molecule has 2 amide bonds. The highest BCUT2D eigenvalue weighted by atomic mass is 35.5. The summed E-state index contributed by atoms with van der Waals surface area (Å²) < 4.78 is 0. The van der Waals surface area contributed by atoms with Crippen molar-refractivity contribution in [2.75, 3.05) is 41.7 Å². The van der Waals surface area contributed by atoms with Crippen molar-refractivity contribution in [3.63, 3.8) is 0 Å². The normalized spacial score (nSPS) is 13.8. The van der Waals surface area contributed by atoms with E-state index in [1.54, 1.807) is 36.5 Å². The number of nitrogens with zero attached hydrogens (tertiary/aromatic N) is 3. The van der Waals surface area contributed by atoms with E-state index in [1.807, 2.05) is 6.07 Å². The van der Waals surface area contributed by atoms with Gasteiger partial charge in [0.1, 0.15) is 11.5 Å². The van der Waals surface area contributed by atoms with Crippen LogP contribution in [-0.2, 0) is 0 Å². The second kappa shape index (κ2) is 10.6. The Labute approximate surface area is 201 Å². The van der Waals surface area contributed by atoms with Crippen molar-refractivity contribution in [1.82, 2.24) is 15.3 Å². The van der Waals surface area contributed by atoms with E-state index in [4.69, 9.17) is 23.2 Å². The quantitative estimate of drug-likeness (QED) is 0.504. The van der Waals surface area contributed by atoms with Crippen molar-refractivity contribution >= 4 is 52.2 Å². The molecule has 170 valence electrons. The Hall–Kier alpha value is -3.20. The molecule has 1 fully saturated rings. The number of benzene rings is 1. The largest absolute Gasteiger partial charge is 0.369 e. The minimum atomic E-state index is -0.472. The van der Waals surface area contributed by atoms with Crippen molar-refractivity contribution in [1.29, 1.82) is 0 Å². The Kier molecular flexibility index (Phi) is 7.39. The van der Waals surface area contributed by atoms with Crippen LogP contribution in [0.1, 0.15) is 27.3 Å². The van der Waals surface area contributed by atoms with Gasteiger partial charge in [0.15, 0.2) is 0 Å². The molecule has 1 aromatic carbocycles. The molecule has 2 aromatic heterocycles. The molecular weight excluding hydrogens is 463 g/mol. The lowest BCUT2D eigenvalue weighted by molar-refractivity contribution is 0.102. The molecule has 0 atom stereocenters. The molecule has 0 radical (unpaired) electrons. The van der Waals surface area contributed by atoms with Crippen molar-refractivity contribution in [2.45, 2.75) is 6.42 Å². The first-order valence-corrected chi connectivity index (χ1v) is 11.2. The molecule has 0 saturated carbocycles. The van der Waals surface area contributed by atoms with Crippen molar-refractivity contribution in [2.24, 2.45) is 0 Å². The monoisotopic (exact) mass is 484 g/mol. The minimum absolute atomic E-state index is 0.196. The number of hydrogen-bond acceptors (Lipinski definition) is 6. The van der Waals surface area contributed by atoms with E-state index < -0.39 is 11.8 Å². The summed E-state index contributed by atoms with van der Waals surface area (Å²) in [7, 11) is 0. The van der Waals surface area contributed by atoms with E-state index in [0.29, 0.717) is 21.6 Å². The van der Waals surface area contributed by atoms with Gasteiger partial charge in [-0.15, -0.1) is 0 Å². The Bertz CT molecular complexity index is 1130. The minimum Gasteiger partial charge on any atom is -0.369 e. The number of rotatable bonds is 5. The second-order valence-corrected chi connectivity index (χ2v) is 8.32. The molecule has 3 aromatic rings. The van der Waals surface area contributed by atoms with Crippen molar-refractivity contribution < 1.29 is 9.59 Å². The van der Waals surface area contributed by atoms with Crippen LogP contribution in [0.2, 0.25) is 10.0 Å². The van der Waals surface area contributed by atoms with Crippen LogP contribution in [0.4, 0.5) is 17.2 Å². The smallest absolute Gasteiger partial charge is 0.274 e. The van der Waals surface area contributed by atoms with Gasteiger partial charge in [-0.3, -0.25) is 9.59 Å². The van der Waals surface area contributed by atoms with E-state index in [-0.39, 0.29) is 11.3 Å². The molecule has 0 unspecified atom stereocenters. The summed E-state index contributed by atoms with van der Waals surface area (Å²) in [5, 5.41) is 9.60. The standard InChI is InChI=1S/C23H22Cl2N6O2/c24-15-2-5-19(18(12-15)22(32)30-21-7-3-16(25)13-28-21)29-23(33)20-6-4-17(14-27-20)31-10-1-8-26-9-11-31/h2-7,12-14,26H,1,8-11H2,(H,29,33)(H,28,30,32). The maximum atomic E-state index is 12.8. The van der Waals surface area contributed by atoms with Crippen LogP contribution in [0.15, 0.2) is 54.9 Å². The lowest BCUT2D eigenvalue weighted by Gasteiger charge is -2.21. The highest BCUT2D eigenvalue weighted by Gasteiger charge is 2.17. The summed E-state index contributed by atoms with van der Waals surface area (Å²) in [6, 6.07) is 11.4. The molecule has 3 N–H and O–H groups in total. The predicted molar refractivity (Wildman–Crippen MR) is 131 cm³/mol. The van der Waals surface area contributed by atoms with Crippen molar-refractivity contribution in [3.05, 3.63) is 76.2 Å². The fourth-order valence-corrected chi connectivity index (χ4v) is 3.73. The van der Waals surface area contributed by atoms with Gasteiger partial charge in [-0.05, 0) is 55.4 Å². The van der Waals surface area contributed by atoms with Crippen molar-refractivity contribution in [3.8, 4) is 0 Å². The SMILES string of the molecule is O=C(Nc1ccc(Cl)cc1C(=O)Nc1ccc(Cl)cn1)c1ccc(N2CCCNCC2)cn1. The lowest BCUT2D eigenvalue weighted by Crippen LogP contribution is -2.28. The summed E-state index contributed by atoms with van der Waals surface area (Å²) in [4.78, 5) is 36.3. The molecule has 1 aliphatic heterocycles. The topological polar surface area (TPSA) is 99.2 Å². The molecule has 3 heterocycles. The van der Waals surface area contributed by atoms with Gasteiger partial charge in [0, 0.05) is 30.9 Å². The first kappa shape index (κ1) is 23.0. The van der Waals surface area contributed by atoms with E-state index in [1.165, 1.54) is 12.3 Å². The maximum Gasteiger partial charge on any atom is 0.274 e. The Balaban J connectivity index is 1.48. The van der Waals surface area contributed by atoms with Gasteiger partial charge in [-0.1, -0.05) is 23.2 Å². The van der Waals surface area contributed by atoms with Gasteiger partial charge >= 0.3 is 0 Å². The Morgan fingerprint density at radius 3 is 2.48 bits per heavy atom. The van der Waals surface area contributed by atoms with Gasteiger partial charge in [-0.2, -0.15) is 0 Å². The third-order valence-electron chi connectivity index (χ3n) is 5.13. The number of carbonyl (C=O) groups is 2. The van der Waals surface area contributed by atoms with Crippen LogP contribution in [-0.4, -0.2) is 48.0 Å². The van der Waals surface area contributed by atoms with E-state index in [0.717, 1.165) is 38.3 Å². The highest BCUT2D eigenvalue weighted by Crippen LogP contribution is 2.23. The van der Waals surface area contributed by atoms with Crippen LogP contribution in [0.25, 0.3) is 0 Å². The van der Waals surface area contributed by atoms with Crippen LogP contribution >= 0.6 is 23.2 Å². The van der Waals surface area contributed by atoms with E-state index >= 15 is 0 Å². The molecule has 0 spiro atoms. The van der Waals surface area contributed by atoms with Gasteiger partial charge < -0.3 is 20.9 Å². The van der Waals surface area contributed by atoms with Crippen LogP contribution < -0.4 is 20.9 Å². The predicted octanol–water partition coefficient (Wildman–Crippen LogP) is 4.09. The average Bonchev–Trinajstić information content (AvgIpc) is 3.11. The number of halogens is 2. The molecular formula is C23H22Cl2N6O2. The molecule has 33 heavy (non-hydrogen) atoms. The number of hydrogen-bond donors (Lipinski definition) is 3. The molecule has 0 aliphatic carbocycles. The average molecular weight is 485 g/mol. The van der Waals surface area contributed by atoms with Crippen LogP contribution in [0.5, 0.6) is 0 Å². The highest BCUT2D eigenvalue weighted by molar-refractivity contribution is 6.31.